The standard InChI is InChI=1S/C20H18N2O5S/c1-4-22-15-10-9-14(19(25)27-3)11-16(15)28-20(22)21-17(23)12-5-7-13(8-6-12)18(24)26-2/h5-11H,4H2,1-3H3. The van der Waals surface area contributed by atoms with E-state index in [4.69, 9.17) is 4.74 Å². The predicted octanol–water partition coefficient (Wildman–Crippen LogP) is 3.04. The first kappa shape index (κ1) is 19.5. The molecule has 0 bridgehead atoms. The number of esters is 2. The molecule has 0 saturated carbocycles. The summed E-state index contributed by atoms with van der Waals surface area (Å²) >= 11 is 1.32. The van der Waals surface area contributed by atoms with Crippen molar-refractivity contribution in [3.8, 4) is 0 Å². The number of carbonyl (C=O) groups excluding carboxylic acids is 3. The fourth-order valence-corrected chi connectivity index (χ4v) is 3.86. The lowest BCUT2D eigenvalue weighted by molar-refractivity contribution is 0.0592. The maximum Gasteiger partial charge on any atom is 0.337 e. The Bertz CT molecular complexity index is 1130. The summed E-state index contributed by atoms with van der Waals surface area (Å²) in [5, 5.41) is 0. The van der Waals surface area contributed by atoms with Crippen LogP contribution in [0.2, 0.25) is 0 Å². The molecule has 0 spiro atoms. The van der Waals surface area contributed by atoms with Gasteiger partial charge in [-0.3, -0.25) is 4.79 Å². The van der Waals surface area contributed by atoms with Crippen molar-refractivity contribution in [3.05, 3.63) is 64.0 Å². The van der Waals surface area contributed by atoms with E-state index in [1.807, 2.05) is 17.6 Å². The number of amides is 1. The summed E-state index contributed by atoms with van der Waals surface area (Å²) < 4.78 is 12.1. The Kier molecular flexibility index (Phi) is 5.70. The molecular formula is C20H18N2O5S. The number of thiazole rings is 1. The number of aromatic nitrogens is 1. The maximum absolute atomic E-state index is 12.6. The van der Waals surface area contributed by atoms with E-state index in [1.165, 1.54) is 49.8 Å². The third-order valence-corrected chi connectivity index (χ3v) is 5.21. The first-order valence-electron chi connectivity index (χ1n) is 8.47. The summed E-state index contributed by atoms with van der Waals surface area (Å²) in [7, 11) is 2.63. The van der Waals surface area contributed by atoms with Gasteiger partial charge in [0.05, 0.1) is 35.6 Å². The van der Waals surface area contributed by atoms with Gasteiger partial charge in [-0.15, -0.1) is 0 Å². The van der Waals surface area contributed by atoms with Gasteiger partial charge in [-0.05, 0) is 49.4 Å². The number of rotatable bonds is 4. The molecule has 8 heteroatoms. The number of benzene rings is 2. The Morgan fingerprint density at radius 1 is 0.929 bits per heavy atom. The number of nitrogens with zero attached hydrogens (tertiary/aromatic N) is 2. The molecular weight excluding hydrogens is 380 g/mol. The lowest BCUT2D eigenvalue weighted by Gasteiger charge is -2.02. The van der Waals surface area contributed by atoms with Gasteiger partial charge in [0, 0.05) is 12.1 Å². The molecule has 0 N–H and O–H groups in total. The van der Waals surface area contributed by atoms with Crippen LogP contribution >= 0.6 is 11.3 Å². The van der Waals surface area contributed by atoms with Crippen LogP contribution < -0.4 is 4.80 Å². The largest absolute Gasteiger partial charge is 0.465 e. The molecule has 0 radical (unpaired) electrons. The van der Waals surface area contributed by atoms with Gasteiger partial charge >= 0.3 is 11.9 Å². The van der Waals surface area contributed by atoms with E-state index >= 15 is 0 Å². The van der Waals surface area contributed by atoms with Crippen LogP contribution in [0.5, 0.6) is 0 Å². The third-order valence-electron chi connectivity index (χ3n) is 4.17. The Morgan fingerprint density at radius 2 is 1.50 bits per heavy atom. The average Bonchev–Trinajstić information content (AvgIpc) is 3.08. The smallest absolute Gasteiger partial charge is 0.337 e. The minimum Gasteiger partial charge on any atom is -0.465 e. The number of ether oxygens (including phenoxy) is 2. The number of methoxy groups -OCH3 is 2. The van der Waals surface area contributed by atoms with Crippen molar-refractivity contribution in [2.24, 2.45) is 4.99 Å². The first-order valence-corrected chi connectivity index (χ1v) is 9.29. The molecule has 0 fully saturated rings. The summed E-state index contributed by atoms with van der Waals surface area (Å²) in [5.74, 6) is -1.30. The molecule has 0 unspecified atom stereocenters. The van der Waals surface area contributed by atoms with Crippen LogP contribution in [0.15, 0.2) is 47.5 Å². The highest BCUT2D eigenvalue weighted by atomic mass is 32.1. The molecule has 7 nitrogen and oxygen atoms in total. The molecule has 0 atom stereocenters. The molecule has 1 amide bonds. The molecule has 0 aliphatic carbocycles. The normalized spacial score (nSPS) is 11.5. The Labute approximate surface area is 164 Å². The van der Waals surface area contributed by atoms with Crippen molar-refractivity contribution in [2.75, 3.05) is 14.2 Å². The second-order valence-electron chi connectivity index (χ2n) is 5.79. The summed E-state index contributed by atoms with van der Waals surface area (Å²) in [6.07, 6.45) is 0. The van der Waals surface area contributed by atoms with Crippen LogP contribution in [-0.4, -0.2) is 36.6 Å². The molecule has 144 valence electrons. The maximum atomic E-state index is 12.6. The van der Waals surface area contributed by atoms with Gasteiger partial charge in [0.15, 0.2) is 4.80 Å². The molecule has 0 aliphatic rings. The SMILES string of the molecule is CCn1c(=NC(=O)c2ccc(C(=O)OC)cc2)sc2cc(C(=O)OC)ccc21. The highest BCUT2D eigenvalue weighted by Gasteiger charge is 2.12. The predicted molar refractivity (Wildman–Crippen MR) is 105 cm³/mol. The van der Waals surface area contributed by atoms with Gasteiger partial charge in [-0.25, -0.2) is 9.59 Å². The minimum absolute atomic E-state index is 0.361. The highest BCUT2D eigenvalue weighted by molar-refractivity contribution is 7.16. The molecule has 1 aromatic heterocycles. The van der Waals surface area contributed by atoms with E-state index < -0.39 is 17.8 Å². The number of hydrogen-bond acceptors (Lipinski definition) is 6. The fraction of sp³-hybridized carbons (Fsp3) is 0.200. The zero-order valence-electron chi connectivity index (χ0n) is 15.6. The Morgan fingerprint density at radius 3 is 2.11 bits per heavy atom. The second-order valence-corrected chi connectivity index (χ2v) is 6.80. The fourth-order valence-electron chi connectivity index (χ4n) is 2.73. The van der Waals surface area contributed by atoms with Crippen molar-refractivity contribution in [3.63, 3.8) is 0 Å². The van der Waals surface area contributed by atoms with Crippen LogP contribution in [0.25, 0.3) is 10.2 Å². The van der Waals surface area contributed by atoms with Gasteiger partial charge in [-0.2, -0.15) is 4.99 Å². The Hall–Kier alpha value is -3.26. The quantitative estimate of drug-likeness (QED) is 0.631. The minimum atomic E-state index is -0.467. The topological polar surface area (TPSA) is 87.0 Å². The van der Waals surface area contributed by atoms with Crippen LogP contribution in [0.1, 0.15) is 38.0 Å². The second kappa shape index (κ2) is 8.18. The lowest BCUT2D eigenvalue weighted by Crippen LogP contribution is -2.16. The van der Waals surface area contributed by atoms with E-state index in [0.29, 0.717) is 28.0 Å². The van der Waals surface area contributed by atoms with E-state index in [0.717, 1.165) is 10.2 Å². The van der Waals surface area contributed by atoms with Gasteiger partial charge in [-0.1, -0.05) is 11.3 Å². The van der Waals surface area contributed by atoms with Gasteiger partial charge in [0.2, 0.25) is 0 Å². The van der Waals surface area contributed by atoms with E-state index in [9.17, 15) is 14.4 Å². The average molecular weight is 398 g/mol. The van der Waals surface area contributed by atoms with Gasteiger partial charge < -0.3 is 14.0 Å². The zero-order chi connectivity index (χ0) is 20.3. The van der Waals surface area contributed by atoms with Crippen molar-refractivity contribution < 1.29 is 23.9 Å². The highest BCUT2D eigenvalue weighted by Crippen LogP contribution is 2.20. The molecule has 1 heterocycles. The molecule has 3 aromatic rings. The number of aryl methyl sites for hydroxylation is 1. The summed E-state index contributed by atoms with van der Waals surface area (Å²) in [5.41, 5.74) is 2.05. The zero-order valence-corrected chi connectivity index (χ0v) is 16.4. The first-order chi connectivity index (χ1) is 13.5. The van der Waals surface area contributed by atoms with Gasteiger partial charge in [0.25, 0.3) is 5.91 Å². The van der Waals surface area contributed by atoms with Crippen LogP contribution in [0.4, 0.5) is 0 Å². The molecule has 0 aliphatic heterocycles. The van der Waals surface area contributed by atoms with Crippen LogP contribution in [0.3, 0.4) is 0 Å². The summed E-state index contributed by atoms with van der Waals surface area (Å²) in [6, 6.07) is 11.4. The number of hydrogen-bond donors (Lipinski definition) is 0. The number of fused-ring (bicyclic) bond motifs is 1. The van der Waals surface area contributed by atoms with Crippen molar-refractivity contribution in [1.29, 1.82) is 0 Å². The van der Waals surface area contributed by atoms with Crippen molar-refractivity contribution in [2.45, 2.75) is 13.5 Å². The van der Waals surface area contributed by atoms with Crippen molar-refractivity contribution >= 4 is 39.4 Å². The van der Waals surface area contributed by atoms with Crippen LogP contribution in [-0.2, 0) is 16.0 Å². The lowest BCUT2D eigenvalue weighted by atomic mass is 10.1. The van der Waals surface area contributed by atoms with E-state index in [-0.39, 0.29) is 0 Å². The molecule has 2 aromatic carbocycles. The third kappa shape index (κ3) is 3.72. The van der Waals surface area contributed by atoms with Crippen LogP contribution in [0, 0.1) is 0 Å². The summed E-state index contributed by atoms with van der Waals surface area (Å²) in [4.78, 5) is 40.6. The van der Waals surface area contributed by atoms with Crippen molar-refractivity contribution in [1.82, 2.24) is 4.57 Å². The van der Waals surface area contributed by atoms with Gasteiger partial charge in [0.1, 0.15) is 0 Å². The Balaban J connectivity index is 2.01. The monoisotopic (exact) mass is 398 g/mol. The molecule has 0 saturated heterocycles. The van der Waals surface area contributed by atoms with E-state index in [1.54, 1.807) is 12.1 Å². The molecule has 3 rings (SSSR count). The summed E-state index contributed by atoms with van der Waals surface area (Å²) in [6.45, 7) is 2.57. The van der Waals surface area contributed by atoms with E-state index in [2.05, 4.69) is 9.73 Å². The number of carbonyl (C=O) groups is 3. The molecule has 28 heavy (non-hydrogen) atoms.